The third-order valence-corrected chi connectivity index (χ3v) is 3.28. The number of hydrogen-bond donors (Lipinski definition) is 2. The highest BCUT2D eigenvalue weighted by Gasteiger charge is 2.11. The Morgan fingerprint density at radius 1 is 1.04 bits per heavy atom. The van der Waals surface area contributed by atoms with Gasteiger partial charge in [-0.15, -0.1) is 0 Å². The quantitative estimate of drug-likeness (QED) is 0.828. The van der Waals surface area contributed by atoms with Crippen molar-refractivity contribution in [2.24, 2.45) is 0 Å². The zero-order chi connectivity index (χ0) is 16.7. The van der Waals surface area contributed by atoms with Gasteiger partial charge < -0.3 is 10.6 Å². The molecule has 0 saturated carbocycles. The Morgan fingerprint density at radius 2 is 1.70 bits per heavy atom. The molecule has 2 rings (SSSR count). The van der Waals surface area contributed by atoms with Gasteiger partial charge in [0.2, 0.25) is 5.91 Å². The minimum absolute atomic E-state index is 0.206. The molecule has 118 valence electrons. The van der Waals surface area contributed by atoms with Crippen LogP contribution >= 0.6 is 11.6 Å². The number of nitrogens with one attached hydrogen (secondary N) is 2. The maximum Gasteiger partial charge on any atom is 0.268 e. The molecule has 0 aliphatic carbocycles. The van der Waals surface area contributed by atoms with E-state index in [9.17, 15) is 9.59 Å². The predicted octanol–water partition coefficient (Wildman–Crippen LogP) is 3.13. The SMILES string of the molecule is CC(=O)N/C(=C\c1ccccc1)C(=O)NCc1ccc(Cl)cc1. The molecule has 2 N–H and O–H groups in total. The van der Waals surface area contributed by atoms with Crippen LogP contribution in [0.2, 0.25) is 5.02 Å². The van der Waals surface area contributed by atoms with Crippen LogP contribution < -0.4 is 10.6 Å². The highest BCUT2D eigenvalue weighted by Crippen LogP contribution is 2.10. The minimum Gasteiger partial charge on any atom is -0.347 e. The molecule has 0 heterocycles. The van der Waals surface area contributed by atoms with Crippen LogP contribution in [0.3, 0.4) is 0 Å². The first-order chi connectivity index (χ1) is 11.0. The molecule has 0 aliphatic heterocycles. The largest absolute Gasteiger partial charge is 0.347 e. The van der Waals surface area contributed by atoms with Crippen LogP contribution in [-0.4, -0.2) is 11.8 Å². The molecular formula is C18H17ClN2O2. The molecule has 0 atom stereocenters. The van der Waals surface area contributed by atoms with E-state index in [1.807, 2.05) is 42.5 Å². The zero-order valence-electron chi connectivity index (χ0n) is 12.7. The van der Waals surface area contributed by atoms with Gasteiger partial charge in [-0.1, -0.05) is 54.1 Å². The second kappa shape index (κ2) is 8.15. The second-order valence-electron chi connectivity index (χ2n) is 4.96. The van der Waals surface area contributed by atoms with Gasteiger partial charge in [0.25, 0.3) is 5.91 Å². The Bertz CT molecular complexity index is 710. The Balaban J connectivity index is 2.09. The number of amides is 2. The van der Waals surface area contributed by atoms with E-state index in [2.05, 4.69) is 10.6 Å². The summed E-state index contributed by atoms with van der Waals surface area (Å²) in [6.07, 6.45) is 1.64. The van der Waals surface area contributed by atoms with Crippen molar-refractivity contribution in [3.05, 3.63) is 76.4 Å². The number of halogens is 1. The molecule has 23 heavy (non-hydrogen) atoms. The fraction of sp³-hybridized carbons (Fsp3) is 0.111. The van der Waals surface area contributed by atoms with E-state index >= 15 is 0 Å². The number of benzene rings is 2. The summed E-state index contributed by atoms with van der Waals surface area (Å²) in [7, 11) is 0. The molecule has 0 aromatic heterocycles. The normalized spacial score (nSPS) is 11.0. The number of hydrogen-bond acceptors (Lipinski definition) is 2. The third-order valence-electron chi connectivity index (χ3n) is 3.03. The lowest BCUT2D eigenvalue weighted by Crippen LogP contribution is -2.33. The number of rotatable bonds is 5. The summed E-state index contributed by atoms with van der Waals surface area (Å²) < 4.78 is 0. The van der Waals surface area contributed by atoms with E-state index in [0.717, 1.165) is 11.1 Å². The molecule has 0 bridgehead atoms. The minimum atomic E-state index is -0.348. The predicted molar refractivity (Wildman–Crippen MR) is 91.5 cm³/mol. The smallest absolute Gasteiger partial charge is 0.268 e. The van der Waals surface area contributed by atoms with Gasteiger partial charge in [0.1, 0.15) is 5.70 Å². The Kier molecular flexibility index (Phi) is 5.94. The molecule has 0 unspecified atom stereocenters. The fourth-order valence-electron chi connectivity index (χ4n) is 1.94. The average molecular weight is 329 g/mol. The molecule has 0 spiro atoms. The topological polar surface area (TPSA) is 58.2 Å². The lowest BCUT2D eigenvalue weighted by molar-refractivity contribution is -0.122. The highest BCUT2D eigenvalue weighted by molar-refractivity contribution is 6.30. The van der Waals surface area contributed by atoms with Crippen molar-refractivity contribution >= 4 is 29.5 Å². The van der Waals surface area contributed by atoms with Crippen LogP contribution in [0.15, 0.2) is 60.3 Å². The summed E-state index contributed by atoms with van der Waals surface area (Å²) in [6, 6.07) is 16.5. The Labute approximate surface area is 140 Å². The molecule has 0 saturated heterocycles. The zero-order valence-corrected chi connectivity index (χ0v) is 13.4. The molecule has 5 heteroatoms. The van der Waals surface area contributed by atoms with E-state index in [0.29, 0.717) is 11.6 Å². The number of carbonyl (C=O) groups is 2. The number of carbonyl (C=O) groups excluding carboxylic acids is 2. The first kappa shape index (κ1) is 16.8. The lowest BCUT2D eigenvalue weighted by Gasteiger charge is -2.10. The van der Waals surface area contributed by atoms with Gasteiger partial charge in [0.15, 0.2) is 0 Å². The maximum atomic E-state index is 12.3. The summed E-state index contributed by atoms with van der Waals surface area (Å²) in [6.45, 7) is 1.72. The van der Waals surface area contributed by atoms with Crippen molar-refractivity contribution < 1.29 is 9.59 Å². The van der Waals surface area contributed by atoms with E-state index in [1.165, 1.54) is 6.92 Å². The van der Waals surface area contributed by atoms with Gasteiger partial charge in [-0.2, -0.15) is 0 Å². The van der Waals surface area contributed by atoms with Gasteiger partial charge in [-0.3, -0.25) is 9.59 Å². The highest BCUT2D eigenvalue weighted by atomic mass is 35.5. The second-order valence-corrected chi connectivity index (χ2v) is 5.40. The molecule has 4 nitrogen and oxygen atoms in total. The molecule has 0 aliphatic rings. The van der Waals surface area contributed by atoms with Crippen LogP contribution in [0.1, 0.15) is 18.1 Å². The van der Waals surface area contributed by atoms with Crippen LogP contribution in [0.25, 0.3) is 6.08 Å². The summed E-state index contributed by atoms with van der Waals surface area (Å²) in [5.74, 6) is -0.646. The van der Waals surface area contributed by atoms with Crippen LogP contribution in [0.4, 0.5) is 0 Å². The third kappa shape index (κ3) is 5.60. The first-order valence-corrected chi connectivity index (χ1v) is 7.49. The van der Waals surface area contributed by atoms with Crippen LogP contribution in [0.5, 0.6) is 0 Å². The molecule has 2 aromatic rings. The lowest BCUT2D eigenvalue weighted by atomic mass is 10.2. The standard InChI is InChI=1S/C18H17ClN2O2/c1-13(22)21-17(11-14-5-3-2-4-6-14)18(23)20-12-15-7-9-16(19)10-8-15/h2-11H,12H2,1H3,(H,20,23)(H,21,22)/b17-11-. The first-order valence-electron chi connectivity index (χ1n) is 7.11. The van der Waals surface area contributed by atoms with Gasteiger partial charge in [0, 0.05) is 18.5 Å². The molecular weight excluding hydrogens is 312 g/mol. The summed E-state index contributed by atoms with van der Waals surface area (Å²) in [4.78, 5) is 23.6. The average Bonchev–Trinajstić information content (AvgIpc) is 2.54. The van der Waals surface area contributed by atoms with Crippen molar-refractivity contribution in [3.63, 3.8) is 0 Å². The van der Waals surface area contributed by atoms with Crippen molar-refractivity contribution in [2.75, 3.05) is 0 Å². The van der Waals surface area contributed by atoms with Gasteiger partial charge in [-0.05, 0) is 29.3 Å². The van der Waals surface area contributed by atoms with Crippen molar-refractivity contribution in [2.45, 2.75) is 13.5 Å². The van der Waals surface area contributed by atoms with Gasteiger partial charge >= 0.3 is 0 Å². The van der Waals surface area contributed by atoms with Gasteiger partial charge in [0.05, 0.1) is 0 Å². The van der Waals surface area contributed by atoms with E-state index in [4.69, 9.17) is 11.6 Å². The van der Waals surface area contributed by atoms with Crippen molar-refractivity contribution in [3.8, 4) is 0 Å². The maximum absolute atomic E-state index is 12.3. The molecule has 2 aromatic carbocycles. The monoisotopic (exact) mass is 328 g/mol. The van der Waals surface area contributed by atoms with Crippen molar-refractivity contribution in [1.82, 2.24) is 10.6 Å². The summed E-state index contributed by atoms with van der Waals surface area (Å²) in [5, 5.41) is 5.98. The molecule has 0 fully saturated rings. The molecule has 2 amide bonds. The Morgan fingerprint density at radius 3 is 2.30 bits per heavy atom. The van der Waals surface area contributed by atoms with Gasteiger partial charge in [-0.25, -0.2) is 0 Å². The van der Waals surface area contributed by atoms with E-state index in [1.54, 1.807) is 18.2 Å². The van der Waals surface area contributed by atoms with Crippen LogP contribution in [0, 0.1) is 0 Å². The Hall–Kier alpha value is -2.59. The summed E-state index contributed by atoms with van der Waals surface area (Å²) >= 11 is 5.83. The van der Waals surface area contributed by atoms with E-state index < -0.39 is 0 Å². The van der Waals surface area contributed by atoms with E-state index in [-0.39, 0.29) is 17.5 Å². The summed E-state index contributed by atoms with van der Waals surface area (Å²) in [5.41, 5.74) is 1.96. The fourth-order valence-corrected chi connectivity index (χ4v) is 2.07. The van der Waals surface area contributed by atoms with Crippen molar-refractivity contribution in [1.29, 1.82) is 0 Å². The van der Waals surface area contributed by atoms with Crippen LogP contribution in [-0.2, 0) is 16.1 Å². The molecule has 0 radical (unpaired) electrons.